The first-order valence-corrected chi connectivity index (χ1v) is 8.80. The van der Waals surface area contributed by atoms with Gasteiger partial charge in [0.1, 0.15) is 0 Å². The Morgan fingerprint density at radius 1 is 1.21 bits per heavy atom. The van der Waals surface area contributed by atoms with Crippen molar-refractivity contribution in [2.45, 2.75) is 32.2 Å². The number of benzene rings is 2. The maximum atomic E-state index is 13.3. The van der Waals surface area contributed by atoms with Crippen LogP contribution in [0.3, 0.4) is 0 Å². The molecule has 2 aromatic carbocycles. The number of hydrogen-bond acceptors (Lipinski definition) is 7. The zero-order valence-electron chi connectivity index (χ0n) is 15.5. The largest absolute Gasteiger partial charge is 0.479 e. The van der Waals surface area contributed by atoms with E-state index in [1.54, 1.807) is 24.3 Å². The predicted octanol–water partition coefficient (Wildman–Crippen LogP) is 2.02. The smallest absolute Gasteiger partial charge is 0.336 e. The van der Waals surface area contributed by atoms with Gasteiger partial charge in [-0.05, 0) is 18.4 Å². The first-order valence-electron chi connectivity index (χ1n) is 8.80. The minimum Gasteiger partial charge on any atom is -0.479 e. The summed E-state index contributed by atoms with van der Waals surface area (Å²) in [6, 6.07) is 8.25. The van der Waals surface area contributed by atoms with Crippen molar-refractivity contribution in [2.75, 3.05) is 0 Å². The number of aliphatic hydroxyl groups is 1. The highest BCUT2D eigenvalue weighted by molar-refractivity contribution is 6.30. The third-order valence-electron chi connectivity index (χ3n) is 5.15. The molecule has 0 fully saturated rings. The standard InChI is InChI=1S/C21H16O8/c1-9(22)28-18-11-6-4-3-5-10(11)7-12-14(18)17(24)13-8-21(2,20(26)27)29-19(25)15(13)16(12)23/h3-7,19,25H,8H2,1-2H3,(H,26,27)/t19-,21-/m1/s1. The van der Waals surface area contributed by atoms with Gasteiger partial charge in [0.15, 0.2) is 29.2 Å². The van der Waals surface area contributed by atoms with Crippen molar-refractivity contribution in [3.63, 3.8) is 0 Å². The molecule has 0 radical (unpaired) electrons. The summed E-state index contributed by atoms with van der Waals surface area (Å²) in [4.78, 5) is 49.8. The van der Waals surface area contributed by atoms with E-state index in [0.29, 0.717) is 10.8 Å². The Morgan fingerprint density at radius 2 is 1.90 bits per heavy atom. The number of ketones is 2. The van der Waals surface area contributed by atoms with Crippen molar-refractivity contribution in [3.05, 3.63) is 52.6 Å². The van der Waals surface area contributed by atoms with Crippen LogP contribution >= 0.6 is 0 Å². The van der Waals surface area contributed by atoms with Gasteiger partial charge >= 0.3 is 11.9 Å². The number of carboxylic acids is 1. The second kappa shape index (κ2) is 6.33. The maximum Gasteiger partial charge on any atom is 0.336 e. The van der Waals surface area contributed by atoms with E-state index in [-0.39, 0.29) is 28.0 Å². The number of ether oxygens (including phenoxy) is 2. The Bertz CT molecular complexity index is 1160. The molecule has 2 aromatic rings. The van der Waals surface area contributed by atoms with Crippen molar-refractivity contribution >= 4 is 34.3 Å². The van der Waals surface area contributed by atoms with Gasteiger partial charge in [-0.3, -0.25) is 14.4 Å². The predicted molar refractivity (Wildman–Crippen MR) is 98.7 cm³/mol. The molecule has 8 heteroatoms. The lowest BCUT2D eigenvalue weighted by Gasteiger charge is -2.37. The van der Waals surface area contributed by atoms with E-state index in [1.165, 1.54) is 19.9 Å². The molecule has 0 unspecified atom stereocenters. The molecule has 4 rings (SSSR count). The molecule has 148 valence electrons. The van der Waals surface area contributed by atoms with Crippen LogP contribution in [0.25, 0.3) is 10.8 Å². The Morgan fingerprint density at radius 3 is 2.55 bits per heavy atom. The highest BCUT2D eigenvalue weighted by Crippen LogP contribution is 2.44. The Hall–Kier alpha value is -3.36. The first kappa shape index (κ1) is 19.0. The lowest BCUT2D eigenvalue weighted by atomic mass is 9.76. The van der Waals surface area contributed by atoms with E-state index in [2.05, 4.69) is 0 Å². The number of Topliss-reactive ketones (excluding diaryl/α,β-unsaturated/α-hetero) is 2. The molecule has 0 spiro atoms. The Balaban J connectivity index is 2.00. The number of aliphatic carboxylic acids is 1. The molecule has 0 amide bonds. The van der Waals surface area contributed by atoms with Crippen molar-refractivity contribution in [2.24, 2.45) is 0 Å². The molecule has 1 heterocycles. The van der Waals surface area contributed by atoms with Gasteiger partial charge in [-0.25, -0.2) is 4.79 Å². The van der Waals surface area contributed by atoms with Crippen molar-refractivity contribution < 1.29 is 38.9 Å². The number of hydrogen-bond donors (Lipinski definition) is 2. The quantitative estimate of drug-likeness (QED) is 0.583. The summed E-state index contributed by atoms with van der Waals surface area (Å²) in [5.74, 6) is -3.47. The second-order valence-electron chi connectivity index (χ2n) is 7.18. The fourth-order valence-corrected chi connectivity index (χ4v) is 3.77. The second-order valence-corrected chi connectivity index (χ2v) is 7.18. The SMILES string of the molecule is CC(=O)Oc1c2c(cc3ccccc13)C(=O)C1=C(C[C@](C)(C(=O)O)O[C@H]1O)C2=O. The third kappa shape index (κ3) is 2.76. The molecule has 8 nitrogen and oxygen atoms in total. The van der Waals surface area contributed by atoms with E-state index in [9.17, 15) is 29.4 Å². The van der Waals surface area contributed by atoms with Gasteiger partial charge in [0.25, 0.3) is 0 Å². The monoisotopic (exact) mass is 396 g/mol. The van der Waals surface area contributed by atoms with Crippen molar-refractivity contribution in [1.82, 2.24) is 0 Å². The van der Waals surface area contributed by atoms with Gasteiger partial charge in [0.2, 0.25) is 0 Å². The molecule has 0 saturated carbocycles. The highest BCUT2D eigenvalue weighted by Gasteiger charge is 2.50. The lowest BCUT2D eigenvalue weighted by Crippen LogP contribution is -2.49. The fraction of sp³-hybridized carbons (Fsp3) is 0.238. The minimum absolute atomic E-state index is 0.0368. The first-order chi connectivity index (χ1) is 13.6. The van der Waals surface area contributed by atoms with Crippen LogP contribution in [0.15, 0.2) is 41.5 Å². The van der Waals surface area contributed by atoms with Gasteiger partial charge in [0.05, 0.1) is 11.1 Å². The molecule has 29 heavy (non-hydrogen) atoms. The summed E-state index contributed by atoms with van der Waals surface area (Å²) in [6.07, 6.45) is -2.28. The van der Waals surface area contributed by atoms with E-state index >= 15 is 0 Å². The Labute approximate surface area is 164 Å². The van der Waals surface area contributed by atoms with E-state index < -0.39 is 41.8 Å². The summed E-state index contributed by atoms with van der Waals surface area (Å²) in [5.41, 5.74) is -2.49. The zero-order chi connectivity index (χ0) is 21.1. The third-order valence-corrected chi connectivity index (χ3v) is 5.15. The molecule has 1 aliphatic carbocycles. The number of carbonyl (C=O) groups is 4. The van der Waals surface area contributed by atoms with E-state index in [1.807, 2.05) is 0 Å². The topological polar surface area (TPSA) is 127 Å². The van der Waals surface area contributed by atoms with Crippen LogP contribution in [0.2, 0.25) is 0 Å². The van der Waals surface area contributed by atoms with Crippen LogP contribution in [0, 0.1) is 0 Å². The summed E-state index contributed by atoms with van der Waals surface area (Å²) >= 11 is 0. The zero-order valence-corrected chi connectivity index (χ0v) is 15.5. The van der Waals surface area contributed by atoms with Crippen LogP contribution in [0.4, 0.5) is 0 Å². The number of aliphatic hydroxyl groups excluding tert-OH is 1. The van der Waals surface area contributed by atoms with Crippen molar-refractivity contribution in [3.8, 4) is 5.75 Å². The number of rotatable bonds is 2. The number of carboxylic acid groups (broad SMARTS) is 1. The Kier molecular flexibility index (Phi) is 4.14. The average Bonchev–Trinajstić information content (AvgIpc) is 2.65. The van der Waals surface area contributed by atoms with Gasteiger partial charge < -0.3 is 19.7 Å². The van der Waals surface area contributed by atoms with Crippen LogP contribution in [0.5, 0.6) is 5.75 Å². The molecule has 0 aromatic heterocycles. The number of fused-ring (bicyclic) bond motifs is 2. The lowest BCUT2D eigenvalue weighted by molar-refractivity contribution is -0.195. The summed E-state index contributed by atoms with van der Waals surface area (Å²) in [6.45, 7) is 2.39. The van der Waals surface area contributed by atoms with Gasteiger partial charge in [0, 0.05) is 29.9 Å². The normalized spacial score (nSPS) is 23.6. The van der Waals surface area contributed by atoms with Gasteiger partial charge in [-0.15, -0.1) is 0 Å². The van der Waals surface area contributed by atoms with Gasteiger partial charge in [-0.2, -0.15) is 0 Å². The van der Waals surface area contributed by atoms with Crippen LogP contribution < -0.4 is 4.74 Å². The van der Waals surface area contributed by atoms with Crippen molar-refractivity contribution in [1.29, 1.82) is 0 Å². The molecule has 2 N–H and O–H groups in total. The molecule has 1 aliphatic heterocycles. The van der Waals surface area contributed by atoms with Crippen LogP contribution in [-0.4, -0.2) is 45.6 Å². The van der Waals surface area contributed by atoms with Gasteiger partial charge in [-0.1, -0.05) is 24.3 Å². The molecule has 2 atom stereocenters. The number of esters is 1. The molecule has 0 saturated heterocycles. The summed E-state index contributed by atoms with van der Waals surface area (Å²) < 4.78 is 10.5. The maximum absolute atomic E-state index is 13.3. The molecule has 0 bridgehead atoms. The average molecular weight is 396 g/mol. The summed E-state index contributed by atoms with van der Waals surface area (Å²) in [7, 11) is 0. The molecule has 2 aliphatic rings. The van der Waals surface area contributed by atoms with Crippen LogP contribution in [0.1, 0.15) is 41.0 Å². The van der Waals surface area contributed by atoms with E-state index in [4.69, 9.17) is 9.47 Å². The molecular formula is C21H16O8. The summed E-state index contributed by atoms with van der Waals surface area (Å²) in [5, 5.41) is 20.8. The molecular weight excluding hydrogens is 380 g/mol. The fourth-order valence-electron chi connectivity index (χ4n) is 3.77. The van der Waals surface area contributed by atoms with Crippen LogP contribution in [-0.2, 0) is 14.3 Å². The minimum atomic E-state index is -1.88. The van der Waals surface area contributed by atoms with E-state index in [0.717, 1.165) is 0 Å². The highest BCUT2D eigenvalue weighted by atomic mass is 16.6. The number of carbonyl (C=O) groups excluding carboxylic acids is 3.